The Balaban J connectivity index is 2.17. The van der Waals surface area contributed by atoms with Crippen LogP contribution in [0.15, 0.2) is 47.1 Å². The molecule has 2 rings (SSSR count). The molecule has 0 bridgehead atoms. The first-order valence-corrected chi connectivity index (χ1v) is 9.26. The summed E-state index contributed by atoms with van der Waals surface area (Å²) >= 11 is 5.72. The van der Waals surface area contributed by atoms with Crippen LogP contribution in [0.5, 0.6) is 5.75 Å². The van der Waals surface area contributed by atoms with Crippen LogP contribution in [0.1, 0.15) is 45.9 Å². The van der Waals surface area contributed by atoms with Crippen molar-refractivity contribution in [2.75, 3.05) is 18.5 Å². The molecule has 0 aliphatic carbocycles. The summed E-state index contributed by atoms with van der Waals surface area (Å²) in [6, 6.07) is 11.8. The van der Waals surface area contributed by atoms with Gasteiger partial charge in [-0.15, -0.1) is 0 Å². The molecular weight excluding hydrogens is 332 g/mol. The van der Waals surface area contributed by atoms with E-state index in [1.807, 2.05) is 43.3 Å². The smallest absolute Gasteiger partial charge is 0.174 e. The van der Waals surface area contributed by atoms with Crippen LogP contribution in [0.3, 0.4) is 0 Å². The zero-order chi connectivity index (χ0) is 18.2. The molecule has 0 spiro atoms. The number of furan rings is 1. The van der Waals surface area contributed by atoms with Gasteiger partial charge in [-0.05, 0) is 62.7 Å². The molecule has 0 aliphatic heterocycles. The SMILES string of the molecule is CCOc1ccccc1NC(=S)N(CCC(C)C)C(C)c1ccco1. The van der Waals surface area contributed by atoms with E-state index in [9.17, 15) is 0 Å². The van der Waals surface area contributed by atoms with Gasteiger partial charge in [0.1, 0.15) is 11.5 Å². The normalized spacial score (nSPS) is 12.0. The molecule has 4 nitrogen and oxygen atoms in total. The summed E-state index contributed by atoms with van der Waals surface area (Å²) in [5, 5.41) is 4.03. The Morgan fingerprint density at radius 2 is 1.96 bits per heavy atom. The van der Waals surface area contributed by atoms with E-state index >= 15 is 0 Å². The monoisotopic (exact) mass is 360 g/mol. The maximum atomic E-state index is 5.72. The summed E-state index contributed by atoms with van der Waals surface area (Å²) in [6.45, 7) is 10.0. The van der Waals surface area contributed by atoms with E-state index in [0.29, 0.717) is 17.6 Å². The summed E-state index contributed by atoms with van der Waals surface area (Å²) in [7, 11) is 0. The van der Waals surface area contributed by atoms with Crippen molar-refractivity contribution in [3.05, 3.63) is 48.4 Å². The maximum Gasteiger partial charge on any atom is 0.174 e. The second-order valence-corrected chi connectivity index (χ2v) is 6.81. The van der Waals surface area contributed by atoms with Gasteiger partial charge < -0.3 is 19.4 Å². The van der Waals surface area contributed by atoms with Crippen molar-refractivity contribution in [2.45, 2.75) is 40.2 Å². The fraction of sp³-hybridized carbons (Fsp3) is 0.450. The minimum absolute atomic E-state index is 0.0630. The second-order valence-electron chi connectivity index (χ2n) is 6.43. The third kappa shape index (κ3) is 5.49. The lowest BCUT2D eigenvalue weighted by atomic mass is 10.1. The predicted octanol–water partition coefficient (Wildman–Crippen LogP) is 5.48. The lowest BCUT2D eigenvalue weighted by Gasteiger charge is -2.31. The molecule has 5 heteroatoms. The maximum absolute atomic E-state index is 5.72. The number of benzene rings is 1. The first kappa shape index (κ1) is 19.3. The van der Waals surface area contributed by atoms with Crippen molar-refractivity contribution in [1.82, 2.24) is 4.90 Å². The van der Waals surface area contributed by atoms with Crippen molar-refractivity contribution >= 4 is 23.0 Å². The van der Waals surface area contributed by atoms with Crippen LogP contribution in [0.4, 0.5) is 5.69 Å². The number of ether oxygens (including phenoxy) is 1. The third-order valence-corrected chi connectivity index (χ3v) is 4.40. The highest BCUT2D eigenvalue weighted by molar-refractivity contribution is 7.80. The first-order valence-electron chi connectivity index (χ1n) is 8.85. The van der Waals surface area contributed by atoms with Gasteiger partial charge in [0.25, 0.3) is 0 Å². The molecule has 1 aromatic heterocycles. The fourth-order valence-electron chi connectivity index (χ4n) is 2.59. The van der Waals surface area contributed by atoms with Crippen LogP contribution in [0.25, 0.3) is 0 Å². The van der Waals surface area contributed by atoms with Crippen LogP contribution in [-0.4, -0.2) is 23.2 Å². The van der Waals surface area contributed by atoms with Crippen molar-refractivity contribution in [2.24, 2.45) is 5.92 Å². The molecule has 2 aromatic rings. The van der Waals surface area contributed by atoms with Crippen LogP contribution in [0, 0.1) is 5.92 Å². The van der Waals surface area contributed by atoms with E-state index in [4.69, 9.17) is 21.4 Å². The van der Waals surface area contributed by atoms with Crippen LogP contribution < -0.4 is 10.1 Å². The third-order valence-electron chi connectivity index (χ3n) is 4.06. The molecule has 0 saturated heterocycles. The number of anilines is 1. The number of rotatable bonds is 8. The van der Waals surface area contributed by atoms with Crippen molar-refractivity contribution < 1.29 is 9.15 Å². The Morgan fingerprint density at radius 1 is 1.20 bits per heavy atom. The van der Waals surface area contributed by atoms with Crippen molar-refractivity contribution in [1.29, 1.82) is 0 Å². The van der Waals surface area contributed by atoms with E-state index in [-0.39, 0.29) is 6.04 Å². The van der Waals surface area contributed by atoms with Crippen LogP contribution >= 0.6 is 12.2 Å². The first-order chi connectivity index (χ1) is 12.0. The summed E-state index contributed by atoms with van der Waals surface area (Å²) < 4.78 is 11.3. The van der Waals surface area contributed by atoms with Gasteiger partial charge in [-0.25, -0.2) is 0 Å². The Bertz CT molecular complexity index is 655. The predicted molar refractivity (Wildman–Crippen MR) is 107 cm³/mol. The Hall–Kier alpha value is -2.01. The quantitative estimate of drug-likeness (QED) is 0.631. The average Bonchev–Trinajstić information content (AvgIpc) is 3.11. The van der Waals surface area contributed by atoms with Crippen LogP contribution in [0.2, 0.25) is 0 Å². The van der Waals surface area contributed by atoms with E-state index in [1.165, 1.54) is 0 Å². The van der Waals surface area contributed by atoms with E-state index in [0.717, 1.165) is 30.2 Å². The second kappa shape index (κ2) is 9.47. The highest BCUT2D eigenvalue weighted by Crippen LogP contribution is 2.27. The molecule has 1 atom stereocenters. The summed E-state index contributed by atoms with van der Waals surface area (Å²) in [6.07, 6.45) is 2.76. The molecule has 0 saturated carbocycles. The van der Waals surface area contributed by atoms with Crippen molar-refractivity contribution in [3.63, 3.8) is 0 Å². The highest BCUT2D eigenvalue weighted by atomic mass is 32.1. The summed E-state index contributed by atoms with van der Waals surface area (Å²) in [5.74, 6) is 2.32. The Labute approximate surface area is 156 Å². The van der Waals surface area contributed by atoms with Gasteiger partial charge >= 0.3 is 0 Å². The molecule has 1 unspecified atom stereocenters. The average molecular weight is 361 g/mol. The lowest BCUT2D eigenvalue weighted by Crippen LogP contribution is -2.38. The minimum Gasteiger partial charge on any atom is -0.492 e. The molecule has 1 N–H and O–H groups in total. The highest BCUT2D eigenvalue weighted by Gasteiger charge is 2.21. The number of para-hydroxylation sites is 2. The number of nitrogens with one attached hydrogen (secondary N) is 1. The van der Waals surface area contributed by atoms with Crippen molar-refractivity contribution in [3.8, 4) is 5.75 Å². The molecule has 0 fully saturated rings. The summed E-state index contributed by atoms with van der Waals surface area (Å²) in [5.41, 5.74) is 0.885. The van der Waals surface area contributed by atoms with E-state index in [2.05, 4.69) is 31.0 Å². The summed E-state index contributed by atoms with van der Waals surface area (Å²) in [4.78, 5) is 2.18. The van der Waals surface area contributed by atoms with Gasteiger partial charge in [-0.1, -0.05) is 26.0 Å². The van der Waals surface area contributed by atoms with E-state index < -0.39 is 0 Å². The molecule has 0 amide bonds. The molecule has 0 radical (unpaired) electrons. The Kier molecular flexibility index (Phi) is 7.31. The number of thiocarbonyl (C=S) groups is 1. The lowest BCUT2D eigenvalue weighted by molar-refractivity contribution is 0.281. The largest absolute Gasteiger partial charge is 0.492 e. The molecule has 1 aromatic carbocycles. The number of nitrogens with zero attached hydrogens (tertiary/aromatic N) is 1. The van der Waals surface area contributed by atoms with Gasteiger partial charge in [0.15, 0.2) is 5.11 Å². The molecule has 25 heavy (non-hydrogen) atoms. The van der Waals surface area contributed by atoms with Gasteiger partial charge in [0.2, 0.25) is 0 Å². The van der Waals surface area contributed by atoms with Crippen LogP contribution in [-0.2, 0) is 0 Å². The van der Waals surface area contributed by atoms with E-state index in [1.54, 1.807) is 6.26 Å². The fourth-order valence-corrected chi connectivity index (χ4v) is 2.95. The number of hydrogen-bond acceptors (Lipinski definition) is 3. The van der Waals surface area contributed by atoms with Gasteiger partial charge in [0.05, 0.1) is 24.6 Å². The molecule has 0 aliphatic rings. The van der Waals surface area contributed by atoms with Gasteiger partial charge in [0, 0.05) is 6.54 Å². The molecule has 136 valence electrons. The molecular formula is C20H28N2O2S. The Morgan fingerprint density at radius 3 is 2.60 bits per heavy atom. The zero-order valence-corrected chi connectivity index (χ0v) is 16.3. The topological polar surface area (TPSA) is 37.6 Å². The number of hydrogen-bond donors (Lipinski definition) is 1. The molecule has 1 heterocycles. The van der Waals surface area contributed by atoms with Gasteiger partial charge in [-0.2, -0.15) is 0 Å². The standard InChI is InChI=1S/C20H28N2O2S/c1-5-23-19-10-7-6-9-17(19)21-20(25)22(13-12-15(2)3)16(4)18-11-8-14-24-18/h6-11,14-16H,5,12-13H2,1-4H3,(H,21,25). The minimum atomic E-state index is 0.0630. The zero-order valence-electron chi connectivity index (χ0n) is 15.5. The van der Waals surface area contributed by atoms with Gasteiger partial charge in [-0.3, -0.25) is 0 Å².